The van der Waals surface area contributed by atoms with Crippen LogP contribution in [0.5, 0.6) is 0 Å². The van der Waals surface area contributed by atoms with Gasteiger partial charge in [-0.05, 0) is 36.6 Å². The zero-order chi connectivity index (χ0) is 23.7. The van der Waals surface area contributed by atoms with Crippen molar-refractivity contribution >= 4 is 12.3 Å². The number of hydrogen-bond donors (Lipinski definition) is 2. The number of rotatable bonds is 3. The van der Waals surface area contributed by atoms with Gasteiger partial charge in [0.15, 0.2) is 11.6 Å². The number of aryl methyl sites for hydroxylation is 1. The molecule has 4 aromatic rings. The molecule has 34 heavy (non-hydrogen) atoms. The van der Waals surface area contributed by atoms with Crippen LogP contribution in [0.15, 0.2) is 53.8 Å². The monoisotopic (exact) mass is 460 g/mol. The lowest BCUT2D eigenvalue weighted by Crippen LogP contribution is -2.47. The van der Waals surface area contributed by atoms with Crippen molar-refractivity contribution in [1.29, 1.82) is 0 Å². The fraction of sp³-hybridized carbons (Fsp3) is 0.304. The minimum atomic E-state index is -0.250. The van der Waals surface area contributed by atoms with Gasteiger partial charge in [0.1, 0.15) is 11.5 Å². The van der Waals surface area contributed by atoms with Gasteiger partial charge in [0.05, 0.1) is 5.56 Å². The van der Waals surface area contributed by atoms with Crippen molar-refractivity contribution in [3.63, 3.8) is 0 Å². The Morgan fingerprint density at radius 2 is 1.94 bits per heavy atom. The summed E-state index contributed by atoms with van der Waals surface area (Å²) in [6, 6.07) is 7.97. The molecule has 2 atom stereocenters. The Labute approximate surface area is 194 Å². The van der Waals surface area contributed by atoms with Gasteiger partial charge in [-0.1, -0.05) is 0 Å². The van der Waals surface area contributed by atoms with Gasteiger partial charge in [0, 0.05) is 63.1 Å². The van der Waals surface area contributed by atoms with E-state index in [-0.39, 0.29) is 12.0 Å². The van der Waals surface area contributed by atoms with E-state index in [0.717, 1.165) is 42.5 Å². The van der Waals surface area contributed by atoms with Crippen LogP contribution in [-0.2, 0) is 18.4 Å². The molecule has 1 saturated heterocycles. The molecule has 1 fully saturated rings. The predicted octanol–water partition coefficient (Wildman–Crippen LogP) is 1.75. The summed E-state index contributed by atoms with van der Waals surface area (Å²) in [4.78, 5) is 35.4. The molecule has 2 aliphatic rings. The number of nitrogens with one attached hydrogen (secondary N) is 1. The molecule has 0 spiro atoms. The maximum atomic E-state index is 13.1. The van der Waals surface area contributed by atoms with Gasteiger partial charge in [0.2, 0.25) is 0 Å². The third kappa shape index (κ3) is 3.85. The summed E-state index contributed by atoms with van der Waals surface area (Å²) >= 11 is 0. The van der Waals surface area contributed by atoms with E-state index >= 15 is 0 Å². The summed E-state index contributed by atoms with van der Waals surface area (Å²) in [6.45, 7) is 2.16. The van der Waals surface area contributed by atoms with Crippen molar-refractivity contribution < 1.29 is 9.90 Å². The SMILES string of the molecule is Cn1ccnc1-c1ccc(N2C[C@@H]3C[C@H](C2)c2ccc(-c4ncc[nH]4)c(=O)n2C3)nn1.O=CO. The average Bonchev–Trinajstić information content (AvgIpc) is 3.52. The predicted molar refractivity (Wildman–Crippen MR) is 124 cm³/mol. The molecule has 0 saturated carbocycles. The highest BCUT2D eigenvalue weighted by molar-refractivity contribution is 5.55. The summed E-state index contributed by atoms with van der Waals surface area (Å²) in [5.41, 5.74) is 2.52. The molecule has 0 amide bonds. The Bertz CT molecular complexity index is 1340. The zero-order valence-electron chi connectivity index (χ0n) is 18.6. The summed E-state index contributed by atoms with van der Waals surface area (Å²) < 4.78 is 3.88. The highest BCUT2D eigenvalue weighted by Gasteiger charge is 2.35. The van der Waals surface area contributed by atoms with Crippen LogP contribution >= 0.6 is 0 Å². The van der Waals surface area contributed by atoms with Crippen LogP contribution in [0.4, 0.5) is 5.82 Å². The Morgan fingerprint density at radius 1 is 1.09 bits per heavy atom. The number of aromatic amines is 1. The van der Waals surface area contributed by atoms with E-state index < -0.39 is 0 Å². The van der Waals surface area contributed by atoms with E-state index in [1.54, 1.807) is 18.6 Å². The molecule has 2 N–H and O–H groups in total. The third-order valence-electron chi connectivity index (χ3n) is 6.38. The molecule has 6 heterocycles. The van der Waals surface area contributed by atoms with Gasteiger partial charge in [-0.15, -0.1) is 10.2 Å². The Hall–Kier alpha value is -4.28. The van der Waals surface area contributed by atoms with Crippen molar-refractivity contribution in [3.05, 3.63) is 65.1 Å². The van der Waals surface area contributed by atoms with E-state index in [0.29, 0.717) is 29.8 Å². The average molecular weight is 460 g/mol. The van der Waals surface area contributed by atoms with Crippen LogP contribution in [0.3, 0.4) is 0 Å². The molecule has 2 aliphatic heterocycles. The van der Waals surface area contributed by atoms with Crippen molar-refractivity contribution in [1.82, 2.24) is 34.3 Å². The summed E-state index contributed by atoms with van der Waals surface area (Å²) in [5.74, 6) is 2.99. The van der Waals surface area contributed by atoms with E-state index in [9.17, 15) is 4.79 Å². The van der Waals surface area contributed by atoms with Crippen molar-refractivity contribution in [3.8, 4) is 22.9 Å². The number of hydrogen-bond acceptors (Lipinski definition) is 7. The van der Waals surface area contributed by atoms with Gasteiger partial charge >= 0.3 is 0 Å². The van der Waals surface area contributed by atoms with Crippen molar-refractivity contribution in [2.45, 2.75) is 18.9 Å². The topological polar surface area (TPSA) is 135 Å². The van der Waals surface area contributed by atoms with Crippen molar-refractivity contribution in [2.24, 2.45) is 13.0 Å². The first-order valence-electron chi connectivity index (χ1n) is 11.0. The number of H-pyrrole nitrogens is 1. The number of fused-ring (bicyclic) bond motifs is 4. The number of piperidine rings is 1. The molecule has 174 valence electrons. The van der Waals surface area contributed by atoms with Gasteiger partial charge in [-0.2, -0.15) is 0 Å². The number of carboxylic acid groups (broad SMARTS) is 1. The maximum absolute atomic E-state index is 13.1. The molecule has 11 nitrogen and oxygen atoms in total. The van der Waals surface area contributed by atoms with E-state index in [4.69, 9.17) is 9.90 Å². The van der Waals surface area contributed by atoms with Crippen LogP contribution in [0.1, 0.15) is 18.0 Å². The molecule has 6 rings (SSSR count). The zero-order valence-corrected chi connectivity index (χ0v) is 18.6. The lowest BCUT2D eigenvalue weighted by Gasteiger charge is -2.43. The molecular weight excluding hydrogens is 436 g/mol. The van der Waals surface area contributed by atoms with Crippen molar-refractivity contribution in [2.75, 3.05) is 18.0 Å². The van der Waals surface area contributed by atoms with Crippen LogP contribution in [0.2, 0.25) is 0 Å². The number of anilines is 1. The number of imidazole rings is 2. The standard InChI is InChI=1S/C22H22N8O.CH2O2/c1-28-9-8-25-21(28)17-3-5-19(27-26-17)29-11-14-10-15(13-29)18-4-2-16(20-23-6-7-24-20)22(31)30(18)12-14;2-1-3/h2-9,14-15H,10-13H2,1H3,(H,23,24);1H,(H,2,3)/t14-,15+;/m0./s1. The molecular formula is C23H24N8O3. The first kappa shape index (κ1) is 21.6. The fourth-order valence-electron chi connectivity index (χ4n) is 4.95. The minimum Gasteiger partial charge on any atom is -0.483 e. The van der Waals surface area contributed by atoms with E-state index in [1.165, 1.54) is 0 Å². The van der Waals surface area contributed by atoms with Crippen LogP contribution < -0.4 is 10.5 Å². The second-order valence-corrected chi connectivity index (χ2v) is 8.47. The first-order valence-corrected chi connectivity index (χ1v) is 11.0. The first-order chi connectivity index (χ1) is 16.6. The van der Waals surface area contributed by atoms with Gasteiger partial charge in [-0.25, -0.2) is 9.97 Å². The van der Waals surface area contributed by atoms with Crippen LogP contribution in [0.25, 0.3) is 22.9 Å². The highest BCUT2D eigenvalue weighted by Crippen LogP contribution is 2.37. The van der Waals surface area contributed by atoms with Gasteiger partial charge < -0.3 is 24.1 Å². The molecule has 0 aliphatic carbocycles. The molecule has 0 aromatic carbocycles. The minimum absolute atomic E-state index is 0.0369. The normalized spacial score (nSPS) is 18.6. The van der Waals surface area contributed by atoms with Gasteiger partial charge in [0.25, 0.3) is 12.0 Å². The lowest BCUT2D eigenvalue weighted by atomic mass is 9.83. The largest absolute Gasteiger partial charge is 0.483 e. The maximum Gasteiger partial charge on any atom is 0.290 e. The quantitative estimate of drug-likeness (QED) is 0.442. The lowest BCUT2D eigenvalue weighted by molar-refractivity contribution is -0.122. The highest BCUT2D eigenvalue weighted by atomic mass is 16.3. The van der Waals surface area contributed by atoms with Gasteiger partial charge in [-0.3, -0.25) is 9.59 Å². The summed E-state index contributed by atoms with van der Waals surface area (Å²) in [7, 11) is 1.94. The number of aromatic nitrogens is 7. The van der Waals surface area contributed by atoms with Crippen LogP contribution in [0, 0.1) is 5.92 Å². The molecule has 0 radical (unpaired) electrons. The number of nitrogens with zero attached hydrogens (tertiary/aromatic N) is 7. The molecule has 2 bridgehead atoms. The Morgan fingerprint density at radius 3 is 2.62 bits per heavy atom. The third-order valence-corrected chi connectivity index (χ3v) is 6.38. The molecule has 4 aromatic heterocycles. The Kier molecular flexibility index (Phi) is 5.66. The van der Waals surface area contributed by atoms with E-state index in [2.05, 4.69) is 36.1 Å². The fourth-order valence-corrected chi connectivity index (χ4v) is 4.95. The number of carbonyl (C=O) groups is 1. The van der Waals surface area contributed by atoms with E-state index in [1.807, 2.05) is 40.6 Å². The number of pyridine rings is 1. The second-order valence-electron chi connectivity index (χ2n) is 8.47. The molecule has 0 unspecified atom stereocenters. The molecule has 11 heteroatoms. The summed E-state index contributed by atoms with van der Waals surface area (Å²) in [5, 5.41) is 15.8. The second kappa shape index (κ2) is 8.93. The smallest absolute Gasteiger partial charge is 0.290 e. The Balaban J connectivity index is 0.000000764. The summed E-state index contributed by atoms with van der Waals surface area (Å²) in [6.07, 6.45) is 8.16. The van der Waals surface area contributed by atoms with Crippen LogP contribution in [-0.4, -0.2) is 59.0 Å².